The van der Waals surface area contributed by atoms with E-state index < -0.39 is 68.7 Å². The van der Waals surface area contributed by atoms with Gasteiger partial charge in [0, 0.05) is 72.5 Å². The van der Waals surface area contributed by atoms with Gasteiger partial charge in [-0.05, 0) is 113 Å². The van der Waals surface area contributed by atoms with Crippen LogP contribution in [-0.2, 0) is 9.59 Å². The highest BCUT2D eigenvalue weighted by Crippen LogP contribution is 2.41. The van der Waals surface area contributed by atoms with Crippen LogP contribution in [0, 0.1) is 23.3 Å². The number of benzene rings is 2. The van der Waals surface area contributed by atoms with Crippen LogP contribution in [0.1, 0.15) is 78.6 Å². The molecule has 18 nitrogen and oxygen atoms in total. The van der Waals surface area contributed by atoms with E-state index in [-0.39, 0.29) is 81.5 Å². The Bertz CT molecular complexity index is 3840. The van der Waals surface area contributed by atoms with Crippen molar-refractivity contribution in [3.8, 4) is 45.4 Å². The lowest BCUT2D eigenvalue weighted by molar-refractivity contribution is -0.129. The van der Waals surface area contributed by atoms with E-state index in [0.717, 1.165) is 21.9 Å². The molecule has 2 saturated heterocycles. The van der Waals surface area contributed by atoms with Gasteiger partial charge in [0.2, 0.25) is 11.8 Å². The summed E-state index contributed by atoms with van der Waals surface area (Å²) >= 11 is 2.80. The van der Waals surface area contributed by atoms with Crippen LogP contribution in [0.3, 0.4) is 0 Å². The van der Waals surface area contributed by atoms with Crippen molar-refractivity contribution in [1.29, 1.82) is 0 Å². The van der Waals surface area contributed by atoms with E-state index in [9.17, 15) is 38.2 Å². The third kappa shape index (κ3) is 11.4. The van der Waals surface area contributed by atoms with Crippen molar-refractivity contribution in [1.82, 2.24) is 48.8 Å². The number of phenols is 2. The molecule has 0 radical (unpaired) electrons. The van der Waals surface area contributed by atoms with Crippen molar-refractivity contribution >= 4 is 69.0 Å². The van der Waals surface area contributed by atoms with Crippen LogP contribution in [-0.4, -0.2) is 134 Å². The third-order valence-corrected chi connectivity index (χ3v) is 16.8. The quantitative estimate of drug-likeness (QED) is 0.0662. The molecule has 2 aliphatic heterocycles. The molecule has 2 fully saturated rings. The van der Waals surface area contributed by atoms with Gasteiger partial charge in [0.15, 0.2) is 22.9 Å². The predicted octanol–water partition coefficient (Wildman–Crippen LogP) is 10.6. The summed E-state index contributed by atoms with van der Waals surface area (Å²) in [6.45, 7) is 23.7. The van der Waals surface area contributed by atoms with E-state index in [0.29, 0.717) is 48.9 Å². The van der Waals surface area contributed by atoms with Gasteiger partial charge in [-0.15, -0.1) is 23.5 Å². The molecule has 0 unspecified atom stereocenters. The Balaban J connectivity index is 0.000000205. The molecule has 6 aromatic heterocycles. The molecular weight excluding hydrogens is 1150 g/mol. The molecular formula is C62H64F4N12O6S2. The molecule has 0 spiro atoms. The van der Waals surface area contributed by atoms with Gasteiger partial charge in [0.25, 0.3) is 0 Å². The minimum atomic E-state index is -0.900. The average molecular weight is 1210 g/mol. The zero-order valence-electron chi connectivity index (χ0n) is 49.0. The molecule has 10 rings (SSSR count). The Morgan fingerprint density at radius 3 is 1.27 bits per heavy atom. The molecule has 8 heterocycles. The Kier molecular flexibility index (Phi) is 18.1. The summed E-state index contributed by atoms with van der Waals surface area (Å²) in [6, 6.07) is 12.1. The number of thioether (sulfide) groups is 2. The number of fused-ring (bicyclic) bond motifs is 2. The maximum Gasteiger partial charge on any atom is 0.355 e. The SMILES string of the molecule is C=CC(=O)N1C[C@H](C)N(c2nc(=O)n(-c3c(SC)ccnc3C(C)C)c3nc(-c4c(O)cccc4F)c(F)cc23)C[C@H]1C.C=CC(=O)N1C[C@H](C)N(c2nc(=O)n(-c3c(SC)ccnc3C(C)C)c3nc(-c4c(O)cccc4F)c(F)cc23)C[C@H]1C. The molecule has 448 valence electrons. The first-order valence-electron chi connectivity index (χ1n) is 27.6. The van der Waals surface area contributed by atoms with Gasteiger partial charge in [-0.2, -0.15) is 9.97 Å². The number of halogens is 4. The van der Waals surface area contributed by atoms with Crippen LogP contribution in [0.5, 0.6) is 11.5 Å². The number of carbonyl (C=O) groups excluding carboxylic acids is 2. The van der Waals surface area contributed by atoms with Gasteiger partial charge in [-0.3, -0.25) is 19.6 Å². The first-order chi connectivity index (χ1) is 41.0. The van der Waals surface area contributed by atoms with Crippen LogP contribution in [0.2, 0.25) is 0 Å². The second-order valence-electron chi connectivity index (χ2n) is 21.6. The van der Waals surface area contributed by atoms with Crippen molar-refractivity contribution in [2.45, 2.75) is 101 Å². The van der Waals surface area contributed by atoms with Gasteiger partial charge in [-0.1, -0.05) is 53.0 Å². The smallest absolute Gasteiger partial charge is 0.355 e. The van der Waals surface area contributed by atoms with E-state index in [1.165, 1.54) is 81.2 Å². The first kappa shape index (κ1) is 61.9. The third-order valence-electron chi connectivity index (χ3n) is 15.3. The molecule has 2 amide bonds. The molecule has 0 saturated carbocycles. The number of phenolic OH excluding ortho intramolecular Hbond substituents is 2. The van der Waals surface area contributed by atoms with Crippen molar-refractivity contribution in [2.75, 3.05) is 48.5 Å². The Labute approximate surface area is 502 Å². The number of hydrogen-bond donors (Lipinski definition) is 2. The lowest BCUT2D eigenvalue weighted by atomic mass is 10.1. The zero-order valence-corrected chi connectivity index (χ0v) is 50.6. The highest BCUT2D eigenvalue weighted by Gasteiger charge is 2.37. The van der Waals surface area contributed by atoms with Crippen LogP contribution in [0.25, 0.3) is 56.0 Å². The number of anilines is 2. The Morgan fingerprint density at radius 1 is 0.570 bits per heavy atom. The molecule has 24 heteroatoms. The summed E-state index contributed by atoms with van der Waals surface area (Å²) < 4.78 is 64.4. The van der Waals surface area contributed by atoms with Gasteiger partial charge in [-0.25, -0.2) is 46.3 Å². The van der Waals surface area contributed by atoms with Gasteiger partial charge in [0.1, 0.15) is 46.2 Å². The second-order valence-corrected chi connectivity index (χ2v) is 23.3. The molecule has 2 aromatic carbocycles. The number of aromatic hydroxyl groups is 2. The summed E-state index contributed by atoms with van der Waals surface area (Å²) in [5.74, 6) is -4.76. The van der Waals surface area contributed by atoms with E-state index in [4.69, 9.17) is 0 Å². The molecule has 2 aliphatic rings. The fourth-order valence-corrected chi connectivity index (χ4v) is 12.3. The van der Waals surface area contributed by atoms with Crippen LogP contribution in [0.15, 0.2) is 118 Å². The highest BCUT2D eigenvalue weighted by atomic mass is 32.2. The number of amides is 2. The summed E-state index contributed by atoms with van der Waals surface area (Å²) in [6.07, 6.45) is 9.56. The number of hydrogen-bond acceptors (Lipinski definition) is 16. The van der Waals surface area contributed by atoms with Gasteiger partial charge >= 0.3 is 11.4 Å². The lowest BCUT2D eigenvalue weighted by Crippen LogP contribution is -2.58. The van der Waals surface area contributed by atoms with Crippen LogP contribution < -0.4 is 21.2 Å². The predicted molar refractivity (Wildman–Crippen MR) is 328 cm³/mol. The molecule has 0 bridgehead atoms. The lowest BCUT2D eigenvalue weighted by Gasteiger charge is -2.44. The van der Waals surface area contributed by atoms with E-state index >= 15 is 8.78 Å². The molecule has 86 heavy (non-hydrogen) atoms. The fourth-order valence-electron chi connectivity index (χ4n) is 11.1. The number of piperazine rings is 2. The molecule has 2 N–H and O–H groups in total. The largest absolute Gasteiger partial charge is 0.507 e. The summed E-state index contributed by atoms with van der Waals surface area (Å²) in [5.41, 5.74) is -0.929. The van der Waals surface area contributed by atoms with E-state index in [1.54, 1.807) is 34.3 Å². The van der Waals surface area contributed by atoms with Crippen molar-refractivity contribution < 1.29 is 37.4 Å². The normalized spacial score (nSPS) is 17.1. The monoisotopic (exact) mass is 1210 g/mol. The summed E-state index contributed by atoms with van der Waals surface area (Å²) in [4.78, 5) is 88.7. The van der Waals surface area contributed by atoms with Gasteiger partial charge in [0.05, 0.1) is 44.7 Å². The minimum Gasteiger partial charge on any atom is -0.507 e. The second kappa shape index (κ2) is 25.1. The molecule has 4 atom stereocenters. The summed E-state index contributed by atoms with van der Waals surface area (Å²) in [7, 11) is 0. The van der Waals surface area contributed by atoms with E-state index in [2.05, 4.69) is 43.1 Å². The standard InChI is InChI=1S/2C31H32F2N6O3S/c2*1-7-24(41)37-14-18(5)38(15-17(37)4)29-19-13-21(33)27(25-20(32)9-8-10-22(25)40)35-30(19)39(31(42)36-29)28-23(43-6)11-12-34-26(28)16(2)3/h2*7-13,16-18,40H,1,14-15H2,2-6H3/t2*17-,18+/m11/s1. The zero-order chi connectivity index (χ0) is 62.3. The van der Waals surface area contributed by atoms with Crippen molar-refractivity contribution in [3.05, 3.63) is 154 Å². The fraction of sp³-hybridized carbons (Fsp3) is 0.323. The Morgan fingerprint density at radius 2 is 0.942 bits per heavy atom. The number of pyridine rings is 4. The maximum atomic E-state index is 15.9. The summed E-state index contributed by atoms with van der Waals surface area (Å²) in [5, 5.41) is 21.4. The van der Waals surface area contributed by atoms with Gasteiger partial charge < -0.3 is 29.8 Å². The average Bonchev–Trinajstić information content (AvgIpc) is 0.822. The van der Waals surface area contributed by atoms with E-state index in [1.807, 2.05) is 77.7 Å². The maximum absolute atomic E-state index is 15.9. The molecule has 8 aromatic rings. The Hall–Kier alpha value is -8.64. The van der Waals surface area contributed by atoms with Crippen molar-refractivity contribution in [2.24, 2.45) is 0 Å². The number of aromatic nitrogens is 8. The first-order valence-corrected chi connectivity index (χ1v) is 30.1. The van der Waals surface area contributed by atoms with Crippen molar-refractivity contribution in [3.63, 3.8) is 0 Å². The topological polar surface area (TPSA) is 209 Å². The molecule has 0 aliphatic carbocycles. The number of rotatable bonds is 12. The minimum absolute atomic E-state index is 0.0312. The number of carbonyl (C=O) groups is 2. The number of nitrogens with zero attached hydrogens (tertiary/aromatic N) is 12. The van der Waals surface area contributed by atoms with Crippen LogP contribution in [0.4, 0.5) is 29.2 Å². The highest BCUT2D eigenvalue weighted by molar-refractivity contribution is 7.99. The van der Waals surface area contributed by atoms with Crippen LogP contribution >= 0.6 is 23.5 Å².